The first-order valence-corrected chi connectivity index (χ1v) is 16.7. The lowest BCUT2D eigenvalue weighted by Gasteiger charge is -2.42. The van der Waals surface area contributed by atoms with E-state index < -0.39 is 0 Å². The predicted molar refractivity (Wildman–Crippen MR) is 157 cm³/mol. The maximum Gasteiger partial charge on any atom is 0.249 e. The van der Waals surface area contributed by atoms with Gasteiger partial charge in [-0.2, -0.15) is 0 Å². The van der Waals surface area contributed by atoms with E-state index in [-0.39, 0.29) is 30.4 Å². The number of likely N-dealkylation sites (N-methyl/N-ethyl adjacent to an activating group) is 1. The predicted octanol–water partition coefficient (Wildman–Crippen LogP) is 2.93. The zero-order chi connectivity index (χ0) is 27.0. The second-order valence-electron chi connectivity index (χ2n) is 13.5. The highest BCUT2D eigenvalue weighted by Gasteiger charge is 2.36. The molecule has 0 aromatic heterocycles. The van der Waals surface area contributed by atoms with E-state index >= 15 is 0 Å². The van der Waals surface area contributed by atoms with Gasteiger partial charge in [-0.05, 0) is 108 Å². The fourth-order valence-electron chi connectivity index (χ4n) is 8.02. The van der Waals surface area contributed by atoms with Crippen LogP contribution in [0.2, 0.25) is 0 Å². The first-order chi connectivity index (χ1) is 19.1. The average molecular weight is 547 g/mol. The Morgan fingerprint density at radius 2 is 1.82 bits per heavy atom. The third-order valence-electron chi connectivity index (χ3n) is 10.6. The Hall–Kier alpha value is -0.770. The van der Waals surface area contributed by atoms with Gasteiger partial charge in [-0.1, -0.05) is 33.1 Å². The molecule has 2 aliphatic carbocycles. The summed E-state index contributed by atoms with van der Waals surface area (Å²) in [6, 6.07) is 1.20. The van der Waals surface area contributed by atoms with Gasteiger partial charge in [0.15, 0.2) is 0 Å². The Morgan fingerprint density at radius 1 is 0.949 bits per heavy atom. The van der Waals surface area contributed by atoms with E-state index in [2.05, 4.69) is 45.3 Å². The second-order valence-corrected chi connectivity index (χ2v) is 13.5. The smallest absolute Gasteiger partial charge is 0.249 e. The minimum absolute atomic E-state index is 0.116. The summed E-state index contributed by atoms with van der Waals surface area (Å²) in [6.45, 7) is 11.2. The molecule has 1 amide bonds. The van der Waals surface area contributed by atoms with E-state index in [1.54, 1.807) is 0 Å². The maximum atomic E-state index is 13.2. The number of rotatable bonds is 10. The van der Waals surface area contributed by atoms with Crippen molar-refractivity contribution in [3.63, 3.8) is 0 Å². The third kappa shape index (κ3) is 8.62. The lowest BCUT2D eigenvalue weighted by atomic mass is 9.82. The molecule has 5 rings (SSSR count). The first-order valence-electron chi connectivity index (χ1n) is 16.7. The van der Waals surface area contributed by atoms with Gasteiger partial charge in [0.05, 0.1) is 6.10 Å². The molecular weight excluding hydrogens is 488 g/mol. The van der Waals surface area contributed by atoms with Crippen LogP contribution in [0, 0.1) is 17.8 Å². The van der Waals surface area contributed by atoms with Gasteiger partial charge in [0.2, 0.25) is 5.91 Å². The van der Waals surface area contributed by atoms with Crippen molar-refractivity contribution in [2.24, 2.45) is 17.8 Å². The molecule has 5 fully saturated rings. The Kier molecular flexibility index (Phi) is 11.4. The van der Waals surface area contributed by atoms with E-state index in [0.29, 0.717) is 18.0 Å². The maximum absolute atomic E-state index is 13.2. The molecule has 2 saturated carbocycles. The van der Waals surface area contributed by atoms with Crippen molar-refractivity contribution in [1.29, 1.82) is 0 Å². The van der Waals surface area contributed by atoms with Gasteiger partial charge in [-0.25, -0.2) is 0 Å². The normalized spacial score (nSPS) is 38.6. The summed E-state index contributed by atoms with van der Waals surface area (Å²) >= 11 is 0. The van der Waals surface area contributed by atoms with Crippen molar-refractivity contribution < 1.29 is 9.53 Å². The van der Waals surface area contributed by atoms with Crippen molar-refractivity contribution in [2.75, 3.05) is 39.3 Å². The van der Waals surface area contributed by atoms with Crippen molar-refractivity contribution in [2.45, 2.75) is 134 Å². The summed E-state index contributed by atoms with van der Waals surface area (Å²) in [4.78, 5) is 15.8. The monoisotopic (exact) mass is 546 g/mol. The van der Waals surface area contributed by atoms with Crippen LogP contribution in [0.5, 0.6) is 0 Å². The molecule has 0 radical (unpaired) electrons. The molecule has 5 N–H and O–H groups in total. The molecule has 0 spiro atoms. The van der Waals surface area contributed by atoms with Crippen molar-refractivity contribution in [1.82, 2.24) is 31.5 Å². The molecule has 8 unspecified atom stereocenters. The molecule has 3 heterocycles. The lowest BCUT2D eigenvalue weighted by Crippen LogP contribution is -2.66. The van der Waals surface area contributed by atoms with Gasteiger partial charge in [-0.15, -0.1) is 0 Å². The van der Waals surface area contributed by atoms with Crippen molar-refractivity contribution in [3.8, 4) is 0 Å². The van der Waals surface area contributed by atoms with Crippen molar-refractivity contribution >= 4 is 5.91 Å². The van der Waals surface area contributed by atoms with Crippen LogP contribution in [-0.4, -0.2) is 86.7 Å². The second kappa shape index (κ2) is 14.9. The summed E-state index contributed by atoms with van der Waals surface area (Å²) in [5.74, 6) is 2.30. The Bertz CT molecular complexity index is 743. The molecule has 224 valence electrons. The van der Waals surface area contributed by atoms with Gasteiger partial charge in [0, 0.05) is 31.2 Å². The van der Waals surface area contributed by atoms with Crippen LogP contribution in [-0.2, 0) is 9.53 Å². The molecule has 0 bridgehead atoms. The fourth-order valence-corrected chi connectivity index (χ4v) is 8.02. The SMILES string of the molecule is CCN(CC1CCCCC1)CC1CCC(C(=O)NC2CCC(C)C(NC3NCCC(C4CCCNC4)N3)C2)O1. The summed E-state index contributed by atoms with van der Waals surface area (Å²) in [7, 11) is 0. The Morgan fingerprint density at radius 3 is 2.62 bits per heavy atom. The number of amides is 1. The highest BCUT2D eigenvalue weighted by molar-refractivity contribution is 5.81. The molecule has 8 heteroatoms. The minimum atomic E-state index is -0.277. The number of hydrogen-bond donors (Lipinski definition) is 5. The molecule has 8 nitrogen and oxygen atoms in total. The van der Waals surface area contributed by atoms with Gasteiger partial charge < -0.3 is 20.3 Å². The zero-order valence-corrected chi connectivity index (χ0v) is 24.9. The number of nitrogens with one attached hydrogen (secondary N) is 5. The van der Waals surface area contributed by atoms with Gasteiger partial charge in [0.25, 0.3) is 0 Å². The van der Waals surface area contributed by atoms with Crippen LogP contribution < -0.4 is 26.6 Å². The standard InChI is InChI=1S/C31H58N6O2/c1-3-37(20-23-8-5-4-6-9-23)21-26-13-14-29(39-26)30(38)34-25-12-11-22(2)28(18-25)36-31-33-17-15-27(35-31)24-10-7-16-32-19-24/h22-29,31-33,35-36H,3-21H2,1-2H3,(H,34,38). The molecule has 8 atom stereocenters. The van der Waals surface area contributed by atoms with Gasteiger partial charge in [-0.3, -0.25) is 20.7 Å². The van der Waals surface area contributed by atoms with Crippen LogP contribution in [0.4, 0.5) is 0 Å². The first kappa shape index (κ1) is 29.7. The summed E-state index contributed by atoms with van der Waals surface area (Å²) < 4.78 is 6.33. The number of piperidine rings is 1. The van der Waals surface area contributed by atoms with Crippen LogP contribution in [0.3, 0.4) is 0 Å². The van der Waals surface area contributed by atoms with Crippen molar-refractivity contribution in [3.05, 3.63) is 0 Å². The van der Waals surface area contributed by atoms with Crippen LogP contribution in [0.1, 0.15) is 97.3 Å². The van der Waals surface area contributed by atoms with Crippen LogP contribution >= 0.6 is 0 Å². The number of nitrogens with zero attached hydrogens (tertiary/aromatic N) is 1. The number of carbonyl (C=O) groups excluding carboxylic acids is 1. The van der Waals surface area contributed by atoms with E-state index in [0.717, 1.165) is 70.1 Å². The van der Waals surface area contributed by atoms with Gasteiger partial charge in [0.1, 0.15) is 12.4 Å². The largest absolute Gasteiger partial charge is 0.364 e. The number of ether oxygens (including phenoxy) is 1. The van der Waals surface area contributed by atoms with Crippen LogP contribution in [0.15, 0.2) is 0 Å². The van der Waals surface area contributed by atoms with E-state index in [9.17, 15) is 4.79 Å². The molecule has 0 aromatic carbocycles. The van der Waals surface area contributed by atoms with E-state index in [4.69, 9.17) is 4.74 Å². The summed E-state index contributed by atoms with van der Waals surface area (Å²) in [5.41, 5.74) is 0. The molecule has 39 heavy (non-hydrogen) atoms. The highest BCUT2D eigenvalue weighted by Crippen LogP contribution is 2.28. The fraction of sp³-hybridized carbons (Fsp3) is 0.968. The third-order valence-corrected chi connectivity index (χ3v) is 10.6. The van der Waals surface area contributed by atoms with Crippen LogP contribution in [0.25, 0.3) is 0 Å². The summed E-state index contributed by atoms with van der Waals surface area (Å²) in [5, 5.41) is 18.4. The quantitative estimate of drug-likeness (QED) is 0.288. The van der Waals surface area contributed by atoms with E-state index in [1.165, 1.54) is 64.5 Å². The average Bonchev–Trinajstić information content (AvgIpc) is 3.44. The lowest BCUT2D eigenvalue weighted by molar-refractivity contribution is -0.133. The Labute approximate surface area is 237 Å². The number of carbonyl (C=O) groups is 1. The van der Waals surface area contributed by atoms with E-state index in [1.807, 2.05) is 0 Å². The molecule has 0 aromatic rings. The molecule has 3 saturated heterocycles. The topological polar surface area (TPSA) is 89.7 Å². The highest BCUT2D eigenvalue weighted by atomic mass is 16.5. The minimum Gasteiger partial charge on any atom is -0.364 e. The number of hydrogen-bond acceptors (Lipinski definition) is 7. The Balaban J connectivity index is 1.04. The van der Waals surface area contributed by atoms with Gasteiger partial charge >= 0.3 is 0 Å². The molecule has 3 aliphatic heterocycles. The molecular formula is C31H58N6O2. The summed E-state index contributed by atoms with van der Waals surface area (Å²) in [6.07, 6.45) is 15.9. The zero-order valence-electron chi connectivity index (χ0n) is 24.9. The molecule has 5 aliphatic rings.